The van der Waals surface area contributed by atoms with Crippen molar-refractivity contribution in [1.29, 1.82) is 0 Å². The van der Waals surface area contributed by atoms with E-state index >= 15 is 0 Å². The average molecular weight is 277 g/mol. The summed E-state index contributed by atoms with van der Waals surface area (Å²) < 4.78 is 6.42. The molecular weight excluding hydrogens is 262 g/mol. The maximum absolute atomic E-state index is 11.2. The van der Waals surface area contributed by atoms with Gasteiger partial charge in [0.05, 0.1) is 18.5 Å². The zero-order chi connectivity index (χ0) is 14.5. The number of carboxylic acid groups (broad SMARTS) is 1. The van der Waals surface area contributed by atoms with Gasteiger partial charge in [0.2, 0.25) is 0 Å². The summed E-state index contributed by atoms with van der Waals surface area (Å²) in [5.41, 5.74) is 1.77. The van der Waals surface area contributed by atoms with Crippen molar-refractivity contribution in [2.24, 2.45) is 0 Å². The highest BCUT2D eigenvalue weighted by atomic mass is 16.5. The van der Waals surface area contributed by atoms with Gasteiger partial charge >= 0.3 is 5.97 Å². The third-order valence-corrected chi connectivity index (χ3v) is 2.72. The van der Waals surface area contributed by atoms with Crippen molar-refractivity contribution in [2.75, 3.05) is 13.2 Å². The van der Waals surface area contributed by atoms with Gasteiger partial charge in [-0.2, -0.15) is 0 Å². The first-order valence-corrected chi connectivity index (χ1v) is 6.13. The molecule has 1 N–H and O–H groups in total. The van der Waals surface area contributed by atoms with Crippen LogP contribution < -0.4 is 0 Å². The molecule has 2 heterocycles. The Morgan fingerprint density at radius 3 is 2.85 bits per heavy atom. The van der Waals surface area contributed by atoms with E-state index in [0.29, 0.717) is 23.7 Å². The minimum Gasteiger partial charge on any atom is -0.480 e. The lowest BCUT2D eigenvalue weighted by atomic mass is 10.2. The molecule has 2 rings (SSSR count). The zero-order valence-electron chi connectivity index (χ0n) is 11.2. The highest BCUT2D eigenvalue weighted by molar-refractivity contribution is 5.72. The Labute approximate surface area is 115 Å². The molecule has 1 unspecified atom stereocenters. The maximum Gasteiger partial charge on any atom is 0.330 e. The fourth-order valence-corrected chi connectivity index (χ4v) is 1.69. The van der Waals surface area contributed by atoms with Crippen molar-refractivity contribution in [1.82, 2.24) is 25.0 Å². The van der Waals surface area contributed by atoms with E-state index in [9.17, 15) is 9.90 Å². The van der Waals surface area contributed by atoms with E-state index in [4.69, 9.17) is 4.74 Å². The Bertz CT molecular complexity index is 598. The number of carboxylic acids is 1. The minimum atomic E-state index is -1.02. The molecule has 2 aromatic rings. The second-order valence-corrected chi connectivity index (χ2v) is 4.09. The van der Waals surface area contributed by atoms with E-state index < -0.39 is 12.0 Å². The molecule has 8 nitrogen and oxygen atoms in total. The van der Waals surface area contributed by atoms with Gasteiger partial charge in [-0.15, -0.1) is 5.10 Å². The van der Waals surface area contributed by atoms with E-state index in [1.54, 1.807) is 26.2 Å². The van der Waals surface area contributed by atoms with Crippen LogP contribution in [0.1, 0.15) is 18.7 Å². The van der Waals surface area contributed by atoms with E-state index in [2.05, 4.69) is 20.3 Å². The molecule has 0 spiro atoms. The number of carbonyl (C=O) groups is 1. The van der Waals surface area contributed by atoms with Crippen molar-refractivity contribution < 1.29 is 14.6 Å². The van der Waals surface area contributed by atoms with Gasteiger partial charge in [-0.05, 0) is 13.8 Å². The molecule has 0 amide bonds. The summed E-state index contributed by atoms with van der Waals surface area (Å²) in [6.07, 6.45) is 4.67. The summed E-state index contributed by atoms with van der Waals surface area (Å²) in [4.78, 5) is 19.5. The number of hydrogen-bond acceptors (Lipinski definition) is 6. The van der Waals surface area contributed by atoms with Crippen LogP contribution in [-0.4, -0.2) is 49.3 Å². The summed E-state index contributed by atoms with van der Waals surface area (Å²) in [6, 6.07) is -0.909. The predicted octanol–water partition coefficient (Wildman–Crippen LogP) is 0.706. The summed E-state index contributed by atoms with van der Waals surface area (Å²) in [6.45, 7) is 4.08. The fraction of sp³-hybridized carbons (Fsp3) is 0.417. The minimum absolute atomic E-state index is 0.0358. The lowest BCUT2D eigenvalue weighted by molar-refractivity contribution is -0.143. The highest BCUT2D eigenvalue weighted by Gasteiger charge is 2.22. The van der Waals surface area contributed by atoms with E-state index in [1.165, 1.54) is 10.9 Å². The first-order chi connectivity index (χ1) is 9.63. The molecule has 0 aliphatic heterocycles. The van der Waals surface area contributed by atoms with Gasteiger partial charge < -0.3 is 9.84 Å². The van der Waals surface area contributed by atoms with Crippen molar-refractivity contribution in [2.45, 2.75) is 19.9 Å². The van der Waals surface area contributed by atoms with Crippen LogP contribution in [-0.2, 0) is 9.53 Å². The van der Waals surface area contributed by atoms with Crippen molar-refractivity contribution in [3.8, 4) is 11.4 Å². The molecule has 106 valence electrons. The molecular formula is C12H15N5O3. The van der Waals surface area contributed by atoms with E-state index in [-0.39, 0.29) is 6.61 Å². The van der Waals surface area contributed by atoms with E-state index in [1.807, 2.05) is 0 Å². The van der Waals surface area contributed by atoms with Crippen LogP contribution in [0.15, 0.2) is 18.6 Å². The molecule has 0 saturated heterocycles. The highest BCUT2D eigenvalue weighted by Crippen LogP contribution is 2.17. The summed E-state index contributed by atoms with van der Waals surface area (Å²) in [5, 5.41) is 17.0. The topological polar surface area (TPSA) is 103 Å². The molecule has 1 atom stereocenters. The number of nitrogens with zero attached hydrogens (tertiary/aromatic N) is 5. The quantitative estimate of drug-likeness (QED) is 0.829. The molecule has 8 heteroatoms. The predicted molar refractivity (Wildman–Crippen MR) is 69.0 cm³/mol. The fourth-order valence-electron chi connectivity index (χ4n) is 1.69. The first-order valence-electron chi connectivity index (χ1n) is 6.13. The molecule has 0 saturated carbocycles. The molecule has 0 aliphatic rings. The van der Waals surface area contributed by atoms with Gasteiger partial charge in [-0.3, -0.25) is 9.97 Å². The van der Waals surface area contributed by atoms with Crippen LogP contribution in [0.3, 0.4) is 0 Å². The smallest absolute Gasteiger partial charge is 0.330 e. The zero-order valence-corrected chi connectivity index (χ0v) is 11.2. The SMILES string of the molecule is CCOCC(C(=O)O)n1cc(-c2nccnc2C)nn1. The van der Waals surface area contributed by atoms with E-state index in [0.717, 1.165) is 0 Å². The van der Waals surface area contributed by atoms with Gasteiger partial charge in [-0.1, -0.05) is 5.21 Å². The molecule has 0 aliphatic carbocycles. The summed E-state index contributed by atoms with van der Waals surface area (Å²) >= 11 is 0. The number of hydrogen-bond donors (Lipinski definition) is 1. The van der Waals surface area contributed by atoms with Crippen LogP contribution in [0.2, 0.25) is 0 Å². The molecule has 20 heavy (non-hydrogen) atoms. The Hall–Kier alpha value is -2.35. The Kier molecular flexibility index (Phi) is 4.36. The van der Waals surface area contributed by atoms with Gasteiger partial charge in [0.25, 0.3) is 0 Å². The standard InChI is InChI=1S/C12H15N5O3/c1-3-20-7-10(12(18)19)17-6-9(15-16-17)11-8(2)13-4-5-14-11/h4-6,10H,3,7H2,1-2H3,(H,18,19). The largest absolute Gasteiger partial charge is 0.480 e. The first kappa shape index (κ1) is 14.1. The van der Waals surface area contributed by atoms with Crippen LogP contribution in [0.25, 0.3) is 11.4 Å². The van der Waals surface area contributed by atoms with Crippen LogP contribution in [0, 0.1) is 6.92 Å². The third-order valence-electron chi connectivity index (χ3n) is 2.72. The molecule has 0 fully saturated rings. The number of aryl methyl sites for hydroxylation is 1. The van der Waals surface area contributed by atoms with Crippen LogP contribution in [0.4, 0.5) is 0 Å². The average Bonchev–Trinajstić information content (AvgIpc) is 2.88. The van der Waals surface area contributed by atoms with Crippen LogP contribution >= 0.6 is 0 Å². The normalized spacial score (nSPS) is 12.3. The Morgan fingerprint density at radius 2 is 2.20 bits per heavy atom. The van der Waals surface area contributed by atoms with Crippen molar-refractivity contribution in [3.05, 3.63) is 24.3 Å². The number of rotatable bonds is 6. The lowest BCUT2D eigenvalue weighted by Gasteiger charge is -2.11. The number of aromatic nitrogens is 5. The van der Waals surface area contributed by atoms with Gasteiger partial charge in [-0.25, -0.2) is 9.48 Å². The molecule has 0 aromatic carbocycles. The molecule has 2 aromatic heterocycles. The maximum atomic E-state index is 11.2. The van der Waals surface area contributed by atoms with Crippen molar-refractivity contribution >= 4 is 5.97 Å². The monoisotopic (exact) mass is 277 g/mol. The number of ether oxygens (including phenoxy) is 1. The van der Waals surface area contributed by atoms with Gasteiger partial charge in [0.1, 0.15) is 11.4 Å². The molecule has 0 radical (unpaired) electrons. The summed E-state index contributed by atoms with van der Waals surface area (Å²) in [5.74, 6) is -1.02. The molecule has 0 bridgehead atoms. The van der Waals surface area contributed by atoms with Crippen LogP contribution in [0.5, 0.6) is 0 Å². The third kappa shape index (κ3) is 2.97. The second kappa shape index (κ2) is 6.20. The van der Waals surface area contributed by atoms with Gasteiger partial charge in [0.15, 0.2) is 6.04 Å². The van der Waals surface area contributed by atoms with Gasteiger partial charge in [0, 0.05) is 19.0 Å². The Morgan fingerprint density at radius 1 is 1.45 bits per heavy atom. The Balaban J connectivity index is 2.27. The lowest BCUT2D eigenvalue weighted by Crippen LogP contribution is -2.24. The number of aliphatic carboxylic acids is 1. The second-order valence-electron chi connectivity index (χ2n) is 4.09. The summed E-state index contributed by atoms with van der Waals surface area (Å²) in [7, 11) is 0. The van der Waals surface area contributed by atoms with Crippen molar-refractivity contribution in [3.63, 3.8) is 0 Å².